The number of benzene rings is 8. The molecular weight excluding hydrogens is 683 g/mol. The molecule has 55 heavy (non-hydrogen) atoms. The Kier molecular flexibility index (Phi) is 11.8. The van der Waals surface area contributed by atoms with Crippen molar-refractivity contribution in [2.24, 2.45) is 0 Å². The minimum atomic E-state index is -0.417. The quantitative estimate of drug-likeness (QED) is 0.167. The van der Waals surface area contributed by atoms with Crippen LogP contribution < -0.4 is 4.90 Å². The van der Waals surface area contributed by atoms with Gasteiger partial charge in [0.05, 0.1) is 16.8 Å². The largest absolute Gasteiger partial charge is 0.310 e. The number of nitrogens with zero attached hydrogens (tertiary/aromatic N) is 1. The first-order valence-electron chi connectivity index (χ1n) is 19.1. The summed E-state index contributed by atoms with van der Waals surface area (Å²) in [5.74, 6) is 0. The van der Waals surface area contributed by atoms with Gasteiger partial charge < -0.3 is 4.90 Å². The minimum Gasteiger partial charge on any atom is -0.310 e. The molecule has 0 bridgehead atoms. The van der Waals surface area contributed by atoms with E-state index in [1.807, 2.05) is 68.4 Å². The van der Waals surface area contributed by atoms with Gasteiger partial charge in [0, 0.05) is 10.6 Å². The molecule has 0 radical (unpaired) electrons. The van der Waals surface area contributed by atoms with E-state index >= 15 is 0 Å². The van der Waals surface area contributed by atoms with Gasteiger partial charge in [-0.3, -0.25) is 0 Å². The van der Waals surface area contributed by atoms with Crippen molar-refractivity contribution in [1.82, 2.24) is 0 Å². The van der Waals surface area contributed by atoms with Crippen LogP contribution >= 0.6 is 11.8 Å². The molecule has 270 valence electrons. The highest BCUT2D eigenvalue weighted by Crippen LogP contribution is 2.63. The summed E-state index contributed by atoms with van der Waals surface area (Å²) in [6, 6.07) is 76.0. The molecule has 0 saturated carbocycles. The van der Waals surface area contributed by atoms with Crippen molar-refractivity contribution in [2.45, 2.75) is 31.1 Å². The number of para-hydroxylation sites is 3. The maximum atomic E-state index is 2.45. The third-order valence-corrected chi connectivity index (χ3v) is 10.9. The van der Waals surface area contributed by atoms with E-state index in [4.69, 9.17) is 0 Å². The summed E-state index contributed by atoms with van der Waals surface area (Å²) in [6.07, 6.45) is 2.13. The van der Waals surface area contributed by atoms with Crippen LogP contribution in [0.2, 0.25) is 0 Å². The third-order valence-electron chi connectivity index (χ3n) is 10.2. The summed E-state index contributed by atoms with van der Waals surface area (Å²) < 4.78 is 0. The van der Waals surface area contributed by atoms with E-state index in [-0.39, 0.29) is 0 Å². The second-order valence-electron chi connectivity index (χ2n) is 13.3. The smallest absolute Gasteiger partial charge is 0.0754 e. The average Bonchev–Trinajstić information content (AvgIpc) is 3.56. The zero-order valence-electron chi connectivity index (χ0n) is 32.1. The molecule has 0 fully saturated rings. The maximum absolute atomic E-state index is 2.45. The van der Waals surface area contributed by atoms with Crippen molar-refractivity contribution in [3.63, 3.8) is 0 Å². The van der Waals surface area contributed by atoms with Gasteiger partial charge in [0.1, 0.15) is 0 Å². The molecule has 1 aliphatic heterocycles. The number of fused-ring (bicyclic) bond motifs is 9. The molecule has 1 aliphatic carbocycles. The fourth-order valence-corrected chi connectivity index (χ4v) is 8.25. The van der Waals surface area contributed by atoms with E-state index < -0.39 is 5.41 Å². The van der Waals surface area contributed by atoms with E-state index in [0.29, 0.717) is 0 Å². The SMILES string of the molecule is CC.CSc1ccc(-c2ccc3c(c2)C2(c4ccccc4-3)c3ccccc3N(c3ccccc3)c3ccccc32)cc1.Cc1ccccc1.c1ccccc1. The second kappa shape index (κ2) is 17.4. The average molecular weight is 730 g/mol. The van der Waals surface area contributed by atoms with Gasteiger partial charge in [-0.15, -0.1) is 11.8 Å². The molecule has 1 spiro atoms. The fourth-order valence-electron chi connectivity index (χ4n) is 7.84. The number of thioether (sulfide) groups is 1. The van der Waals surface area contributed by atoms with E-state index in [1.54, 1.807) is 11.8 Å². The van der Waals surface area contributed by atoms with Crippen molar-refractivity contribution in [3.05, 3.63) is 240 Å². The first kappa shape index (κ1) is 37.2. The molecule has 10 rings (SSSR count). The van der Waals surface area contributed by atoms with E-state index in [0.717, 1.165) is 0 Å². The monoisotopic (exact) mass is 729 g/mol. The van der Waals surface area contributed by atoms with Gasteiger partial charge in [-0.1, -0.05) is 189 Å². The summed E-state index contributed by atoms with van der Waals surface area (Å²) in [6.45, 7) is 6.08. The van der Waals surface area contributed by atoms with Crippen LogP contribution in [0.3, 0.4) is 0 Å². The van der Waals surface area contributed by atoms with Crippen LogP contribution in [-0.2, 0) is 5.41 Å². The molecule has 2 aliphatic rings. The van der Waals surface area contributed by atoms with Crippen LogP contribution in [0.1, 0.15) is 41.7 Å². The number of hydrogen-bond donors (Lipinski definition) is 0. The molecule has 0 saturated heterocycles. The van der Waals surface area contributed by atoms with Crippen LogP contribution in [0.25, 0.3) is 22.3 Å². The molecule has 8 aromatic carbocycles. The van der Waals surface area contributed by atoms with Gasteiger partial charge in [0.2, 0.25) is 0 Å². The van der Waals surface area contributed by atoms with E-state index in [2.05, 4.69) is 176 Å². The molecule has 0 atom stereocenters. The lowest BCUT2D eigenvalue weighted by Crippen LogP contribution is -2.36. The zero-order chi connectivity index (χ0) is 38.0. The van der Waals surface area contributed by atoms with Crippen molar-refractivity contribution in [1.29, 1.82) is 0 Å². The van der Waals surface area contributed by atoms with Crippen molar-refractivity contribution in [3.8, 4) is 22.3 Å². The second-order valence-corrected chi connectivity index (χ2v) is 14.2. The van der Waals surface area contributed by atoms with Crippen molar-refractivity contribution in [2.75, 3.05) is 11.2 Å². The number of rotatable bonds is 3. The van der Waals surface area contributed by atoms with Crippen LogP contribution in [0, 0.1) is 6.92 Å². The molecule has 1 nitrogen and oxygen atoms in total. The fraction of sp³-hybridized carbons (Fsp3) is 0.0943. The lowest BCUT2D eigenvalue weighted by Gasteiger charge is -2.45. The minimum absolute atomic E-state index is 0.417. The standard InChI is InChI=1S/C38H27NS.C7H8.C6H6.C2H6/c1-40-29-22-19-26(20-23-29)27-21-24-31-30-13-5-6-14-32(30)38(35(31)25-27)33-15-7-9-17-36(33)39(28-11-3-2-4-12-28)37-18-10-8-16-34(37)38;1-7-5-3-2-4-6-7;1-2-4-6-5-3-1;1-2/h2-25H,1H3;2-6H,1H3;1-6H;1-2H3. The predicted molar refractivity (Wildman–Crippen MR) is 238 cm³/mol. The van der Waals surface area contributed by atoms with Crippen LogP contribution in [0.4, 0.5) is 17.1 Å². The van der Waals surface area contributed by atoms with Gasteiger partial charge in [-0.05, 0) is 100 Å². The van der Waals surface area contributed by atoms with Gasteiger partial charge in [0.15, 0.2) is 0 Å². The third kappa shape index (κ3) is 7.26. The first-order valence-corrected chi connectivity index (χ1v) is 20.4. The topological polar surface area (TPSA) is 3.24 Å². The molecule has 2 heteroatoms. The molecule has 0 aromatic heterocycles. The Balaban J connectivity index is 0.000000261. The Bertz CT molecular complexity index is 2360. The molecule has 8 aromatic rings. The summed E-state index contributed by atoms with van der Waals surface area (Å²) in [7, 11) is 0. The van der Waals surface area contributed by atoms with Crippen molar-refractivity contribution < 1.29 is 0 Å². The molecule has 1 heterocycles. The Labute approximate surface area is 332 Å². The highest BCUT2D eigenvalue weighted by atomic mass is 32.2. The first-order chi connectivity index (χ1) is 27.2. The lowest BCUT2D eigenvalue weighted by atomic mass is 9.64. The van der Waals surface area contributed by atoms with E-state index in [9.17, 15) is 0 Å². The highest BCUT2D eigenvalue weighted by Gasteiger charge is 2.51. The van der Waals surface area contributed by atoms with Gasteiger partial charge >= 0.3 is 0 Å². The predicted octanol–water partition coefficient (Wildman–Crippen LogP) is 14.9. The Morgan fingerprint density at radius 1 is 0.400 bits per heavy atom. The number of hydrogen-bond acceptors (Lipinski definition) is 2. The Hall–Kier alpha value is -6.09. The summed E-state index contributed by atoms with van der Waals surface area (Å²) >= 11 is 1.78. The number of anilines is 3. The van der Waals surface area contributed by atoms with Crippen LogP contribution in [0.5, 0.6) is 0 Å². The van der Waals surface area contributed by atoms with Crippen LogP contribution in [0.15, 0.2) is 217 Å². The normalized spacial score (nSPS) is 12.2. The lowest BCUT2D eigenvalue weighted by molar-refractivity contribution is 0.753. The maximum Gasteiger partial charge on any atom is 0.0754 e. The Morgan fingerprint density at radius 2 is 0.836 bits per heavy atom. The van der Waals surface area contributed by atoms with Crippen LogP contribution in [-0.4, -0.2) is 6.26 Å². The summed E-state index contributed by atoms with van der Waals surface area (Å²) in [5.41, 5.74) is 15.0. The molecular formula is C53H47NS. The summed E-state index contributed by atoms with van der Waals surface area (Å²) in [5, 5.41) is 0. The molecule has 0 N–H and O–H groups in total. The highest BCUT2D eigenvalue weighted by molar-refractivity contribution is 7.98. The summed E-state index contributed by atoms with van der Waals surface area (Å²) in [4.78, 5) is 3.71. The molecule has 0 unspecified atom stereocenters. The van der Waals surface area contributed by atoms with Gasteiger partial charge in [-0.25, -0.2) is 0 Å². The Morgan fingerprint density at radius 3 is 1.36 bits per heavy atom. The zero-order valence-corrected chi connectivity index (χ0v) is 32.9. The van der Waals surface area contributed by atoms with Crippen molar-refractivity contribution >= 4 is 28.8 Å². The van der Waals surface area contributed by atoms with Gasteiger partial charge in [0.25, 0.3) is 0 Å². The number of aryl methyl sites for hydroxylation is 1. The molecule has 0 amide bonds. The van der Waals surface area contributed by atoms with Gasteiger partial charge in [-0.2, -0.15) is 0 Å². The van der Waals surface area contributed by atoms with E-state index in [1.165, 1.54) is 72.0 Å².